The maximum Gasteiger partial charge on any atom is 0.309 e. The normalized spacial score (nSPS) is 33.0. The molecular formula is C14H12N2O4S. The molecule has 1 aromatic rings. The van der Waals surface area contributed by atoms with Crippen LogP contribution in [0.5, 0.6) is 0 Å². The summed E-state index contributed by atoms with van der Waals surface area (Å²) in [6.45, 7) is 0. The third-order valence-electron chi connectivity index (χ3n) is 4.53. The van der Waals surface area contributed by atoms with Crippen molar-refractivity contribution in [3.8, 4) is 0 Å². The van der Waals surface area contributed by atoms with Crippen molar-refractivity contribution >= 4 is 34.3 Å². The van der Waals surface area contributed by atoms with Crippen LogP contribution in [0.15, 0.2) is 17.5 Å². The molecule has 1 saturated carbocycles. The third-order valence-corrected chi connectivity index (χ3v) is 5.41. The molecule has 1 N–H and O–H groups in total. The molecule has 0 spiro atoms. The summed E-state index contributed by atoms with van der Waals surface area (Å²) in [4.78, 5) is 41.1. The molecule has 0 radical (unpaired) electrons. The summed E-state index contributed by atoms with van der Waals surface area (Å²) >= 11 is 1.15. The van der Waals surface area contributed by atoms with E-state index in [4.69, 9.17) is 5.11 Å². The van der Waals surface area contributed by atoms with E-state index in [9.17, 15) is 14.4 Å². The van der Waals surface area contributed by atoms with Crippen molar-refractivity contribution in [2.24, 2.45) is 23.7 Å². The van der Waals surface area contributed by atoms with Crippen LogP contribution in [0.2, 0.25) is 0 Å². The number of anilines is 1. The zero-order valence-electron chi connectivity index (χ0n) is 10.9. The Labute approximate surface area is 124 Å². The number of thiazole rings is 1. The fourth-order valence-electron chi connectivity index (χ4n) is 3.73. The summed E-state index contributed by atoms with van der Waals surface area (Å²) in [6.07, 6.45) is 4.77. The molecule has 1 aliphatic heterocycles. The van der Waals surface area contributed by atoms with E-state index in [2.05, 4.69) is 4.98 Å². The van der Waals surface area contributed by atoms with Gasteiger partial charge in [-0.3, -0.25) is 14.4 Å². The van der Waals surface area contributed by atoms with Gasteiger partial charge in [-0.25, -0.2) is 9.88 Å². The van der Waals surface area contributed by atoms with Gasteiger partial charge in [-0.2, -0.15) is 0 Å². The second-order valence-corrected chi connectivity index (χ2v) is 6.54. The predicted octanol–water partition coefficient (Wildman–Crippen LogP) is 1.08. The SMILES string of the molecule is O=C(O)Cc1csc(N2C(=O)C3C4C=CC(C4)C3C2=O)n1. The number of carboxylic acid groups (broad SMARTS) is 1. The third kappa shape index (κ3) is 1.70. The van der Waals surface area contributed by atoms with Crippen molar-refractivity contribution in [2.75, 3.05) is 4.90 Å². The number of carbonyl (C=O) groups excluding carboxylic acids is 2. The Morgan fingerprint density at radius 2 is 1.90 bits per heavy atom. The molecule has 4 rings (SSSR count). The largest absolute Gasteiger partial charge is 0.481 e. The van der Waals surface area contributed by atoms with Crippen LogP contribution < -0.4 is 4.90 Å². The lowest BCUT2D eigenvalue weighted by atomic mass is 9.85. The minimum atomic E-state index is -0.981. The maximum absolute atomic E-state index is 12.5. The van der Waals surface area contributed by atoms with Gasteiger partial charge in [-0.15, -0.1) is 11.3 Å². The van der Waals surface area contributed by atoms with Crippen LogP contribution in [0.1, 0.15) is 12.1 Å². The van der Waals surface area contributed by atoms with Gasteiger partial charge in [0.05, 0.1) is 24.0 Å². The topological polar surface area (TPSA) is 87.6 Å². The molecule has 21 heavy (non-hydrogen) atoms. The first-order valence-electron chi connectivity index (χ1n) is 6.78. The number of hydrogen-bond acceptors (Lipinski definition) is 5. The molecule has 2 heterocycles. The number of fused-ring (bicyclic) bond motifs is 5. The number of aliphatic carboxylic acids is 1. The lowest BCUT2D eigenvalue weighted by molar-refractivity contribution is -0.136. The highest BCUT2D eigenvalue weighted by Gasteiger charge is 2.60. The van der Waals surface area contributed by atoms with E-state index in [0.717, 1.165) is 22.7 Å². The number of carbonyl (C=O) groups is 3. The maximum atomic E-state index is 12.5. The second kappa shape index (κ2) is 4.24. The van der Waals surface area contributed by atoms with Gasteiger partial charge in [0.15, 0.2) is 5.13 Å². The van der Waals surface area contributed by atoms with E-state index >= 15 is 0 Å². The highest BCUT2D eigenvalue weighted by molar-refractivity contribution is 7.14. The molecule has 7 heteroatoms. The number of rotatable bonds is 3. The molecule has 2 fully saturated rings. The van der Waals surface area contributed by atoms with Crippen molar-refractivity contribution in [3.05, 3.63) is 23.2 Å². The van der Waals surface area contributed by atoms with Crippen LogP contribution in [-0.2, 0) is 20.8 Å². The summed E-state index contributed by atoms with van der Waals surface area (Å²) in [5, 5.41) is 10.7. The molecule has 2 aliphatic carbocycles. The van der Waals surface area contributed by atoms with Crippen molar-refractivity contribution in [2.45, 2.75) is 12.8 Å². The molecule has 108 valence electrons. The Bertz CT molecular complexity index is 665. The summed E-state index contributed by atoms with van der Waals surface area (Å²) in [6, 6.07) is 0. The number of aromatic nitrogens is 1. The minimum Gasteiger partial charge on any atom is -0.481 e. The Balaban J connectivity index is 1.65. The van der Waals surface area contributed by atoms with Crippen LogP contribution in [0.3, 0.4) is 0 Å². The van der Waals surface area contributed by atoms with Crippen molar-refractivity contribution in [1.29, 1.82) is 0 Å². The van der Waals surface area contributed by atoms with Gasteiger partial charge in [0.2, 0.25) is 11.8 Å². The van der Waals surface area contributed by atoms with E-state index in [-0.39, 0.29) is 41.9 Å². The molecule has 0 aromatic carbocycles. The lowest BCUT2D eigenvalue weighted by Crippen LogP contribution is -2.32. The quantitative estimate of drug-likeness (QED) is 0.667. The van der Waals surface area contributed by atoms with Crippen LogP contribution in [-0.4, -0.2) is 27.9 Å². The molecular weight excluding hydrogens is 292 g/mol. The summed E-state index contributed by atoms with van der Waals surface area (Å²) < 4.78 is 0. The predicted molar refractivity (Wildman–Crippen MR) is 73.7 cm³/mol. The van der Waals surface area contributed by atoms with E-state index in [1.165, 1.54) is 0 Å². The standard InChI is InChI=1S/C14H12N2O4S/c17-9(18)4-8-5-21-14(15-8)16-12(19)10-6-1-2-7(3-6)11(10)13(16)20/h1-2,5-7,10-11H,3-4H2,(H,17,18). The van der Waals surface area contributed by atoms with Crippen LogP contribution in [0, 0.1) is 23.7 Å². The van der Waals surface area contributed by atoms with Crippen molar-refractivity contribution in [3.63, 3.8) is 0 Å². The molecule has 3 aliphatic rings. The Morgan fingerprint density at radius 3 is 2.48 bits per heavy atom. The summed E-state index contributed by atoms with van der Waals surface area (Å²) in [5.41, 5.74) is 0.376. The first-order valence-corrected chi connectivity index (χ1v) is 7.66. The Kier molecular flexibility index (Phi) is 2.56. The van der Waals surface area contributed by atoms with Crippen LogP contribution in [0.25, 0.3) is 0 Å². The highest BCUT2D eigenvalue weighted by atomic mass is 32.1. The van der Waals surface area contributed by atoms with Gasteiger partial charge in [0.25, 0.3) is 0 Å². The first kappa shape index (κ1) is 12.7. The van der Waals surface area contributed by atoms with Gasteiger partial charge in [0, 0.05) is 5.38 Å². The number of allylic oxidation sites excluding steroid dienone is 2. The van der Waals surface area contributed by atoms with Crippen molar-refractivity contribution < 1.29 is 19.5 Å². The average molecular weight is 304 g/mol. The first-order chi connectivity index (χ1) is 10.1. The second-order valence-electron chi connectivity index (χ2n) is 5.70. The summed E-state index contributed by atoms with van der Waals surface area (Å²) in [5.74, 6) is -1.51. The fraction of sp³-hybridized carbons (Fsp3) is 0.429. The van der Waals surface area contributed by atoms with Crippen LogP contribution in [0.4, 0.5) is 5.13 Å². The highest BCUT2D eigenvalue weighted by Crippen LogP contribution is 2.53. The fourth-order valence-corrected chi connectivity index (χ4v) is 4.56. The average Bonchev–Trinajstić information content (AvgIpc) is 3.14. The van der Waals surface area contributed by atoms with Gasteiger partial charge in [0.1, 0.15) is 0 Å². The number of hydrogen-bond donors (Lipinski definition) is 1. The zero-order chi connectivity index (χ0) is 14.7. The summed E-state index contributed by atoms with van der Waals surface area (Å²) in [7, 11) is 0. The Hall–Kier alpha value is -2.02. The smallest absolute Gasteiger partial charge is 0.309 e. The molecule has 4 atom stereocenters. The van der Waals surface area contributed by atoms with E-state index in [1.54, 1.807) is 5.38 Å². The number of nitrogens with zero attached hydrogens (tertiary/aromatic N) is 2. The Morgan fingerprint density at radius 1 is 1.29 bits per heavy atom. The van der Waals surface area contributed by atoms with Gasteiger partial charge in [-0.1, -0.05) is 12.2 Å². The van der Waals surface area contributed by atoms with E-state index in [0.29, 0.717) is 10.8 Å². The van der Waals surface area contributed by atoms with Crippen LogP contribution >= 0.6 is 11.3 Å². The molecule has 2 amide bonds. The van der Waals surface area contributed by atoms with E-state index < -0.39 is 5.97 Å². The lowest BCUT2D eigenvalue weighted by Gasteiger charge is -2.14. The van der Waals surface area contributed by atoms with Gasteiger partial charge >= 0.3 is 5.97 Å². The van der Waals surface area contributed by atoms with E-state index in [1.807, 2.05) is 12.2 Å². The zero-order valence-corrected chi connectivity index (χ0v) is 11.7. The molecule has 2 bridgehead atoms. The van der Waals surface area contributed by atoms with Crippen molar-refractivity contribution in [1.82, 2.24) is 4.98 Å². The minimum absolute atomic E-state index is 0.167. The molecule has 1 saturated heterocycles. The van der Waals surface area contributed by atoms with Gasteiger partial charge in [-0.05, 0) is 18.3 Å². The molecule has 4 unspecified atom stereocenters. The number of imide groups is 1. The molecule has 1 aromatic heterocycles. The molecule has 6 nitrogen and oxygen atoms in total. The van der Waals surface area contributed by atoms with Gasteiger partial charge < -0.3 is 5.11 Å². The monoisotopic (exact) mass is 304 g/mol. The number of amides is 2. The number of carboxylic acids is 1.